The second-order valence-corrected chi connectivity index (χ2v) is 4.48. The van der Waals surface area contributed by atoms with Gasteiger partial charge in [0.05, 0.1) is 16.8 Å². The average Bonchev–Trinajstić information content (AvgIpc) is 2.37. The first kappa shape index (κ1) is 15.3. The van der Waals surface area contributed by atoms with Gasteiger partial charge in [-0.15, -0.1) is 0 Å². The van der Waals surface area contributed by atoms with Crippen LogP contribution in [0.25, 0.3) is 11.3 Å². The zero-order chi connectivity index (χ0) is 15.8. The number of alkyl halides is 6. The van der Waals surface area contributed by atoms with E-state index in [0.29, 0.717) is 12.1 Å². The zero-order valence-corrected chi connectivity index (χ0v) is 10.7. The summed E-state index contributed by atoms with van der Waals surface area (Å²) in [6.45, 7) is 1.74. The number of hydrogen-bond acceptors (Lipinski definition) is 1. The van der Waals surface area contributed by atoms with Crippen molar-refractivity contribution in [2.45, 2.75) is 19.3 Å². The third-order valence-corrected chi connectivity index (χ3v) is 2.84. The number of benzene rings is 1. The number of halogens is 6. The van der Waals surface area contributed by atoms with E-state index < -0.39 is 23.5 Å². The average molecular weight is 305 g/mol. The second kappa shape index (κ2) is 5.05. The zero-order valence-electron chi connectivity index (χ0n) is 10.7. The van der Waals surface area contributed by atoms with E-state index in [1.165, 1.54) is 12.3 Å². The molecule has 0 spiro atoms. The number of nitrogens with zero attached hydrogens (tertiary/aromatic N) is 1. The number of hydrogen-bond donors (Lipinski definition) is 0. The summed E-state index contributed by atoms with van der Waals surface area (Å²) in [5.41, 5.74) is -2.46. The lowest BCUT2D eigenvalue weighted by atomic mass is 10.0. The minimum absolute atomic E-state index is 0.0182. The molecule has 0 amide bonds. The number of aryl methyl sites for hydroxylation is 1. The Hall–Kier alpha value is -2.05. The molecule has 0 unspecified atom stereocenters. The summed E-state index contributed by atoms with van der Waals surface area (Å²) in [6.07, 6.45) is -8.73. The lowest BCUT2D eigenvalue weighted by Crippen LogP contribution is -2.16. The molecule has 0 aliphatic carbocycles. The molecule has 0 aliphatic heterocycles. The van der Waals surface area contributed by atoms with Crippen LogP contribution in [0.15, 0.2) is 36.5 Å². The van der Waals surface area contributed by atoms with E-state index in [1.54, 1.807) is 13.0 Å². The van der Waals surface area contributed by atoms with Crippen molar-refractivity contribution in [1.82, 2.24) is 4.98 Å². The third kappa shape index (κ3) is 3.34. The molecule has 1 aromatic heterocycles. The fourth-order valence-corrected chi connectivity index (χ4v) is 1.82. The molecule has 0 saturated carbocycles. The Kier molecular flexibility index (Phi) is 3.69. The summed E-state index contributed by atoms with van der Waals surface area (Å²) < 4.78 is 76.4. The normalized spacial score (nSPS) is 12.5. The van der Waals surface area contributed by atoms with E-state index in [1.807, 2.05) is 0 Å². The van der Waals surface area contributed by atoms with Crippen molar-refractivity contribution in [2.24, 2.45) is 0 Å². The van der Waals surface area contributed by atoms with Crippen LogP contribution in [0.2, 0.25) is 0 Å². The highest BCUT2D eigenvalue weighted by Crippen LogP contribution is 2.41. The van der Waals surface area contributed by atoms with Gasteiger partial charge >= 0.3 is 12.4 Å². The highest BCUT2D eigenvalue weighted by atomic mass is 19.4. The van der Waals surface area contributed by atoms with E-state index in [2.05, 4.69) is 4.98 Å². The predicted molar refractivity (Wildman–Crippen MR) is 64.4 cm³/mol. The van der Waals surface area contributed by atoms with Crippen LogP contribution in [0.5, 0.6) is 0 Å². The van der Waals surface area contributed by atoms with Gasteiger partial charge in [0.15, 0.2) is 0 Å². The van der Waals surface area contributed by atoms with Gasteiger partial charge in [-0.05, 0) is 30.7 Å². The minimum atomic E-state index is -5.09. The first-order chi connectivity index (χ1) is 9.59. The van der Waals surface area contributed by atoms with Crippen molar-refractivity contribution >= 4 is 0 Å². The predicted octanol–water partition coefficient (Wildman–Crippen LogP) is 5.09. The first-order valence-corrected chi connectivity index (χ1v) is 5.80. The molecule has 7 heteroatoms. The summed E-state index contributed by atoms with van der Waals surface area (Å²) in [5, 5.41) is 0. The first-order valence-electron chi connectivity index (χ1n) is 5.80. The van der Waals surface area contributed by atoms with Crippen LogP contribution in [0.4, 0.5) is 26.3 Å². The van der Waals surface area contributed by atoms with Crippen LogP contribution in [-0.2, 0) is 12.4 Å². The molecule has 112 valence electrons. The second-order valence-electron chi connectivity index (χ2n) is 4.48. The van der Waals surface area contributed by atoms with E-state index >= 15 is 0 Å². The Morgan fingerprint density at radius 2 is 1.43 bits per heavy atom. The fourth-order valence-electron chi connectivity index (χ4n) is 1.82. The number of rotatable bonds is 1. The monoisotopic (exact) mass is 305 g/mol. The Morgan fingerprint density at radius 1 is 0.810 bits per heavy atom. The molecule has 1 heterocycles. The van der Waals surface area contributed by atoms with Crippen LogP contribution in [0, 0.1) is 6.92 Å². The highest BCUT2D eigenvalue weighted by molar-refractivity contribution is 5.61. The Bertz CT molecular complexity index is 640. The Morgan fingerprint density at radius 3 is 1.90 bits per heavy atom. The van der Waals surface area contributed by atoms with Gasteiger partial charge in [-0.1, -0.05) is 12.1 Å². The maximum atomic E-state index is 12.8. The molecule has 21 heavy (non-hydrogen) atoms. The molecule has 0 aliphatic rings. The summed E-state index contributed by atoms with van der Waals surface area (Å²) in [7, 11) is 0. The van der Waals surface area contributed by atoms with Crippen molar-refractivity contribution in [1.29, 1.82) is 0 Å². The molecule has 1 aromatic carbocycles. The number of pyridine rings is 1. The minimum Gasteiger partial charge on any atom is -0.256 e. The van der Waals surface area contributed by atoms with Crippen LogP contribution < -0.4 is 0 Å². The van der Waals surface area contributed by atoms with Gasteiger partial charge in [0.2, 0.25) is 0 Å². The Labute approximate surface area is 116 Å². The molecule has 2 rings (SSSR count). The Balaban J connectivity index is 2.60. The van der Waals surface area contributed by atoms with Crippen LogP contribution in [0.1, 0.15) is 16.7 Å². The molecule has 2 aromatic rings. The van der Waals surface area contributed by atoms with Gasteiger partial charge in [0, 0.05) is 11.8 Å². The van der Waals surface area contributed by atoms with E-state index in [4.69, 9.17) is 0 Å². The van der Waals surface area contributed by atoms with Crippen molar-refractivity contribution in [3.8, 4) is 11.3 Å². The molecule has 0 fully saturated rings. The molecular weight excluding hydrogens is 296 g/mol. The third-order valence-electron chi connectivity index (χ3n) is 2.84. The quantitative estimate of drug-likeness (QED) is 0.668. The molecule has 0 atom stereocenters. The van der Waals surface area contributed by atoms with Gasteiger partial charge in [-0.25, -0.2) is 0 Å². The smallest absolute Gasteiger partial charge is 0.256 e. The van der Waals surface area contributed by atoms with Crippen molar-refractivity contribution < 1.29 is 26.3 Å². The van der Waals surface area contributed by atoms with Gasteiger partial charge in [-0.2, -0.15) is 26.3 Å². The molecule has 0 saturated heterocycles. The molecule has 1 nitrogen and oxygen atoms in total. The van der Waals surface area contributed by atoms with Gasteiger partial charge in [0.25, 0.3) is 0 Å². The van der Waals surface area contributed by atoms with Gasteiger partial charge in [-0.3, -0.25) is 4.98 Å². The summed E-state index contributed by atoms with van der Waals surface area (Å²) in [4.78, 5) is 3.91. The molecule has 0 N–H and O–H groups in total. The molecule has 0 bridgehead atoms. The maximum Gasteiger partial charge on any atom is 0.417 e. The van der Waals surface area contributed by atoms with E-state index in [0.717, 1.165) is 11.6 Å². The molecular formula is C14H9F6N. The van der Waals surface area contributed by atoms with E-state index in [-0.39, 0.29) is 11.3 Å². The fraction of sp³-hybridized carbons (Fsp3) is 0.214. The van der Waals surface area contributed by atoms with Crippen LogP contribution >= 0.6 is 0 Å². The standard InChI is InChI=1S/C14H9F6N/c1-8-2-5-12(21-7-8)9-3-4-10(13(15,16)17)11(6-9)14(18,19)20/h2-7H,1H3. The van der Waals surface area contributed by atoms with Gasteiger partial charge in [0.1, 0.15) is 0 Å². The maximum absolute atomic E-state index is 12.8. The van der Waals surface area contributed by atoms with Crippen LogP contribution in [-0.4, -0.2) is 4.98 Å². The highest BCUT2D eigenvalue weighted by Gasteiger charge is 2.43. The van der Waals surface area contributed by atoms with Crippen molar-refractivity contribution in [2.75, 3.05) is 0 Å². The van der Waals surface area contributed by atoms with Crippen molar-refractivity contribution in [3.63, 3.8) is 0 Å². The summed E-state index contributed by atoms with van der Waals surface area (Å²) in [5.74, 6) is 0. The lowest BCUT2D eigenvalue weighted by Gasteiger charge is -2.16. The van der Waals surface area contributed by atoms with E-state index in [9.17, 15) is 26.3 Å². The SMILES string of the molecule is Cc1ccc(-c2ccc(C(F)(F)F)c(C(F)(F)F)c2)nc1. The largest absolute Gasteiger partial charge is 0.417 e. The molecule has 0 radical (unpaired) electrons. The van der Waals surface area contributed by atoms with Crippen LogP contribution in [0.3, 0.4) is 0 Å². The summed E-state index contributed by atoms with van der Waals surface area (Å²) in [6, 6.07) is 4.96. The van der Waals surface area contributed by atoms with Gasteiger partial charge < -0.3 is 0 Å². The number of aromatic nitrogens is 1. The van der Waals surface area contributed by atoms with Crippen molar-refractivity contribution in [3.05, 3.63) is 53.2 Å². The topological polar surface area (TPSA) is 12.9 Å². The summed E-state index contributed by atoms with van der Waals surface area (Å²) >= 11 is 0. The lowest BCUT2D eigenvalue weighted by molar-refractivity contribution is -0.162.